The first kappa shape index (κ1) is 57.7. The number of hydrogen-bond donors (Lipinski definition) is 8. The summed E-state index contributed by atoms with van der Waals surface area (Å²) in [5, 5.41) is 19.0. The molecule has 10 rings (SSSR count). The van der Waals surface area contributed by atoms with Crippen molar-refractivity contribution in [2.45, 2.75) is 120 Å². The highest BCUT2D eigenvalue weighted by atomic mass is 16.6. The summed E-state index contributed by atoms with van der Waals surface area (Å²) in [6.45, 7) is 1.82. The van der Waals surface area contributed by atoms with Crippen molar-refractivity contribution in [3.63, 3.8) is 0 Å². The fourth-order valence-electron chi connectivity index (χ4n) is 11.9. The number of rotatable bonds is 15. The number of aryl methyl sites for hydroxylation is 2. The lowest BCUT2D eigenvalue weighted by Gasteiger charge is -2.37. The number of alkyl carbamates (subject to hydrolysis) is 1. The summed E-state index contributed by atoms with van der Waals surface area (Å²) in [7, 11) is 0. The molecule has 0 spiro atoms. The minimum absolute atomic E-state index is 0.00274. The van der Waals surface area contributed by atoms with Crippen molar-refractivity contribution in [3.8, 4) is 5.75 Å². The highest BCUT2D eigenvalue weighted by Crippen LogP contribution is 2.30. The quantitative estimate of drug-likeness (QED) is 0.0710. The number of carbonyl (C=O) groups is 7. The maximum absolute atomic E-state index is 16.0. The third-order valence-electron chi connectivity index (χ3n) is 16.4. The summed E-state index contributed by atoms with van der Waals surface area (Å²) in [6.07, 6.45) is 2.59. The fourth-order valence-corrected chi connectivity index (χ4v) is 11.9. The van der Waals surface area contributed by atoms with Crippen molar-refractivity contribution in [2.24, 2.45) is 11.7 Å². The molecule has 6 aromatic rings. The number of aromatic nitrogens is 1. The van der Waals surface area contributed by atoms with Gasteiger partial charge in [-0.2, -0.15) is 0 Å². The molecule has 19 heteroatoms. The van der Waals surface area contributed by atoms with Crippen LogP contribution in [0.2, 0.25) is 0 Å². The van der Waals surface area contributed by atoms with E-state index in [0.29, 0.717) is 43.9 Å². The van der Waals surface area contributed by atoms with Crippen LogP contribution >= 0.6 is 0 Å². The van der Waals surface area contributed by atoms with E-state index < -0.39 is 83.9 Å². The molecular weight excluding hydrogens is 1050 g/mol. The van der Waals surface area contributed by atoms with Crippen molar-refractivity contribution >= 4 is 52.4 Å². The van der Waals surface area contributed by atoms with Gasteiger partial charge in [0.1, 0.15) is 54.7 Å². The molecule has 0 radical (unpaired) electrons. The lowest BCUT2D eigenvalue weighted by Crippen LogP contribution is -2.62. The highest BCUT2D eigenvalue weighted by molar-refractivity contribution is 5.99. The third kappa shape index (κ3) is 14.7. The Morgan fingerprint density at radius 2 is 1.27 bits per heavy atom. The molecule has 3 fully saturated rings. The lowest BCUT2D eigenvalue weighted by molar-refractivity contribution is -0.151. The number of benzene rings is 5. The van der Waals surface area contributed by atoms with Gasteiger partial charge in [0.2, 0.25) is 35.4 Å². The summed E-state index contributed by atoms with van der Waals surface area (Å²) in [5.74, 6) is -3.08. The zero-order chi connectivity index (χ0) is 57.7. The Bertz CT molecular complexity index is 3230. The standard InChI is InChI=1S/C64H74N10O9/c65-29-32-67-64(81)83-49-36-57-61(78)69-52(25-21-41-11-3-1-4-12-41)58(75)71-54(35-47-37-68-51-18-10-9-17-50(47)51)60(77)70-53(33-43-27-30-66-31-28-43)59(76)72-55(34-42-19-23-48(24-20-42)82-40-44-13-5-2-6-14-44)62(79)73-38-46-16-8-7-15-45(46)22-26-56(73)63(80)74(57)39-49/h1-20,23-24,37,43,49,52-57,66,68H,21-22,25-36,38-40,65H2,(H,67,81)(H,69,78)(H,70,77)(H,71,75)(H,72,76)/t49-,52-,53+,54-,55+,56+,57+/m1/s1. The van der Waals surface area contributed by atoms with Crippen LogP contribution in [0.15, 0.2) is 140 Å². The minimum atomic E-state index is -1.28. The van der Waals surface area contributed by atoms with Crippen LogP contribution in [-0.4, -0.2) is 131 Å². The Balaban J connectivity index is 1.06. The normalized spacial score (nSPS) is 23.0. The number of nitrogens with two attached hydrogens (primary N) is 1. The average Bonchev–Trinajstić information content (AvgIpc) is 4.32. The van der Waals surface area contributed by atoms with Crippen molar-refractivity contribution in [1.29, 1.82) is 0 Å². The van der Waals surface area contributed by atoms with Gasteiger partial charge in [-0.15, -0.1) is 0 Å². The SMILES string of the molecule is NCCNC(=O)O[C@@H]1C[C@H]2C(=O)N[C@H](CCc3ccccc3)C(=O)N[C@H](Cc3c[nH]c4ccccc34)C(=O)N[C@@H](CC3CCNCC3)C(=O)N[C@@H](Cc3ccc(OCc4ccccc4)cc3)C(=O)N3Cc4ccccc4CC[C@H]3C(=O)N2C1. The van der Waals surface area contributed by atoms with Crippen molar-refractivity contribution < 1.29 is 43.0 Å². The molecule has 0 bridgehead atoms. The molecule has 0 aliphatic carbocycles. The zero-order valence-corrected chi connectivity index (χ0v) is 46.6. The first-order chi connectivity index (χ1) is 40.5. The number of fused-ring (bicyclic) bond motifs is 4. The Morgan fingerprint density at radius 3 is 2.02 bits per heavy atom. The van der Waals surface area contributed by atoms with Gasteiger partial charge >= 0.3 is 6.09 Å². The van der Waals surface area contributed by atoms with E-state index in [4.69, 9.17) is 15.2 Å². The molecule has 1 aromatic heterocycles. The molecule has 5 heterocycles. The number of H-pyrrole nitrogens is 1. The number of amides is 7. The van der Waals surface area contributed by atoms with Crippen LogP contribution in [0.4, 0.5) is 4.79 Å². The molecule has 7 atom stereocenters. The molecule has 9 N–H and O–H groups in total. The zero-order valence-electron chi connectivity index (χ0n) is 46.6. The molecule has 3 saturated heterocycles. The Morgan fingerprint density at radius 1 is 0.614 bits per heavy atom. The molecule has 0 saturated carbocycles. The molecule has 83 heavy (non-hydrogen) atoms. The number of hydrogen-bond acceptors (Lipinski definition) is 11. The number of piperidine rings is 1. The van der Waals surface area contributed by atoms with Gasteiger partial charge in [0.25, 0.3) is 0 Å². The summed E-state index contributed by atoms with van der Waals surface area (Å²) in [4.78, 5) is 112. The summed E-state index contributed by atoms with van der Waals surface area (Å²) >= 11 is 0. The van der Waals surface area contributed by atoms with Gasteiger partial charge in [0.05, 0.1) is 6.54 Å². The van der Waals surface area contributed by atoms with Crippen molar-refractivity contribution in [3.05, 3.63) is 173 Å². The van der Waals surface area contributed by atoms with Crippen LogP contribution in [0.25, 0.3) is 10.9 Å². The molecule has 5 aromatic carbocycles. The lowest BCUT2D eigenvalue weighted by atomic mass is 9.90. The monoisotopic (exact) mass is 1130 g/mol. The average molecular weight is 1130 g/mol. The first-order valence-corrected chi connectivity index (χ1v) is 29.1. The van der Waals surface area contributed by atoms with Gasteiger partial charge in [0, 0.05) is 56.0 Å². The second-order valence-corrected chi connectivity index (χ2v) is 22.2. The topological polar surface area (TPSA) is 258 Å². The largest absolute Gasteiger partial charge is 0.489 e. The van der Waals surface area contributed by atoms with E-state index in [1.54, 1.807) is 6.20 Å². The van der Waals surface area contributed by atoms with Gasteiger partial charge < -0.3 is 61.9 Å². The Hall–Kier alpha value is -8.55. The van der Waals surface area contributed by atoms with E-state index in [2.05, 4.69) is 36.9 Å². The number of aromatic amines is 1. The Kier molecular flexibility index (Phi) is 19.1. The summed E-state index contributed by atoms with van der Waals surface area (Å²) < 4.78 is 12.0. The molecule has 4 aliphatic heterocycles. The van der Waals surface area contributed by atoms with E-state index in [0.717, 1.165) is 51.6 Å². The summed E-state index contributed by atoms with van der Waals surface area (Å²) in [5.41, 5.74) is 11.5. The first-order valence-electron chi connectivity index (χ1n) is 29.1. The van der Waals surface area contributed by atoms with E-state index >= 15 is 28.8 Å². The van der Waals surface area contributed by atoms with Crippen LogP contribution in [0.3, 0.4) is 0 Å². The second kappa shape index (κ2) is 27.5. The van der Waals surface area contributed by atoms with E-state index in [1.807, 2.05) is 133 Å². The van der Waals surface area contributed by atoms with Crippen molar-refractivity contribution in [1.82, 2.24) is 46.7 Å². The smallest absolute Gasteiger partial charge is 0.407 e. The minimum Gasteiger partial charge on any atom is -0.489 e. The van der Waals surface area contributed by atoms with E-state index in [1.165, 1.54) is 9.80 Å². The number of nitrogens with zero attached hydrogens (tertiary/aromatic N) is 2. The molecular formula is C64H74N10O9. The van der Waals surface area contributed by atoms with Crippen LogP contribution in [-0.2, 0) is 72.3 Å². The predicted octanol–water partition coefficient (Wildman–Crippen LogP) is 4.51. The number of para-hydroxylation sites is 1. The maximum atomic E-state index is 16.0. The van der Waals surface area contributed by atoms with Crippen LogP contribution in [0, 0.1) is 5.92 Å². The van der Waals surface area contributed by atoms with Gasteiger partial charge in [-0.25, -0.2) is 4.79 Å². The van der Waals surface area contributed by atoms with Crippen LogP contribution < -0.4 is 42.4 Å². The molecule has 4 aliphatic rings. The predicted molar refractivity (Wildman–Crippen MR) is 312 cm³/mol. The van der Waals surface area contributed by atoms with E-state index in [-0.39, 0.29) is 70.6 Å². The van der Waals surface area contributed by atoms with Gasteiger partial charge in [0.15, 0.2) is 0 Å². The highest BCUT2D eigenvalue weighted by Gasteiger charge is 2.47. The number of carbonyl (C=O) groups excluding carboxylic acids is 7. The van der Waals surface area contributed by atoms with Gasteiger partial charge in [-0.1, -0.05) is 115 Å². The van der Waals surface area contributed by atoms with Crippen LogP contribution in [0.5, 0.6) is 5.75 Å². The fraction of sp³-hybridized carbons (Fsp3) is 0.391. The van der Waals surface area contributed by atoms with E-state index in [9.17, 15) is 4.79 Å². The number of nitrogens with one attached hydrogen (secondary N) is 7. The second-order valence-electron chi connectivity index (χ2n) is 22.2. The van der Waals surface area contributed by atoms with Gasteiger partial charge in [-0.3, -0.25) is 28.8 Å². The van der Waals surface area contributed by atoms with Gasteiger partial charge in [-0.05, 0) is 116 Å². The van der Waals surface area contributed by atoms with Crippen molar-refractivity contribution in [2.75, 3.05) is 32.7 Å². The van der Waals surface area contributed by atoms with Crippen LogP contribution in [0.1, 0.15) is 71.9 Å². The molecule has 434 valence electrons. The third-order valence-corrected chi connectivity index (χ3v) is 16.4. The number of ether oxygens (including phenoxy) is 2. The maximum Gasteiger partial charge on any atom is 0.407 e. The Labute approximate surface area is 483 Å². The molecule has 19 nitrogen and oxygen atoms in total. The molecule has 0 unspecified atom stereocenters. The summed E-state index contributed by atoms with van der Waals surface area (Å²) in [6, 6.07) is 34.4. The molecule has 7 amide bonds.